The van der Waals surface area contributed by atoms with Crippen molar-refractivity contribution in [2.24, 2.45) is 5.92 Å². The maximum Gasteiger partial charge on any atom is 0.318 e. The fraction of sp³-hybridized carbons (Fsp3) is 0.414. The molecule has 2 aromatic carbocycles. The van der Waals surface area contributed by atoms with Crippen molar-refractivity contribution in [3.05, 3.63) is 84.4 Å². The number of carbonyl (C=O) groups excluding carboxylic acids is 3. The summed E-state index contributed by atoms with van der Waals surface area (Å²) in [6.45, 7) is 3.96. The molecule has 1 heterocycles. The third-order valence-electron chi connectivity index (χ3n) is 7.32. The lowest BCUT2D eigenvalue weighted by atomic mass is 9.80. The molecule has 4 atom stereocenters. The number of rotatable bonds is 7. The first kappa shape index (κ1) is 25.5. The highest BCUT2D eigenvalue weighted by atomic mass is 16.5. The van der Waals surface area contributed by atoms with E-state index in [0.717, 1.165) is 43.2 Å². The Bertz CT molecular complexity index is 1050. The van der Waals surface area contributed by atoms with Crippen LogP contribution in [0.3, 0.4) is 0 Å². The Kier molecular flexibility index (Phi) is 8.41. The summed E-state index contributed by atoms with van der Waals surface area (Å²) in [6, 6.07) is 17.0. The summed E-state index contributed by atoms with van der Waals surface area (Å²) in [6.07, 6.45) is 6.71. The van der Waals surface area contributed by atoms with Crippen LogP contribution in [-0.2, 0) is 14.3 Å². The lowest BCUT2D eigenvalue weighted by Crippen LogP contribution is -2.53. The molecule has 1 saturated carbocycles. The summed E-state index contributed by atoms with van der Waals surface area (Å²) in [7, 11) is 1.35. The molecule has 2 fully saturated rings. The maximum absolute atomic E-state index is 14.0. The average molecular weight is 490 g/mol. The zero-order valence-corrected chi connectivity index (χ0v) is 20.8. The molecule has 4 rings (SSSR count). The van der Waals surface area contributed by atoms with Crippen LogP contribution in [0.5, 0.6) is 0 Å². The van der Waals surface area contributed by atoms with E-state index in [0.29, 0.717) is 0 Å². The van der Waals surface area contributed by atoms with Gasteiger partial charge in [-0.1, -0.05) is 86.0 Å². The summed E-state index contributed by atoms with van der Waals surface area (Å²) < 4.78 is 5.28. The first-order chi connectivity index (χ1) is 17.6. The van der Waals surface area contributed by atoms with Gasteiger partial charge in [0.2, 0.25) is 5.91 Å². The van der Waals surface area contributed by atoms with Gasteiger partial charge in [0.05, 0.1) is 19.1 Å². The standard InChI is InChI=1S/C29H35N3O4/c1-3-19-30-27(33)26-23(20-13-7-4-8-14-20)24(28(34)36-2)25(21-15-9-5-10-16-21)32(26)29(35)31-22-17-11-6-12-18-22/h3-5,7-10,13-16,22-26H,1,6,11-12,17-19H2,2H3,(H,30,33)(H,31,35). The van der Waals surface area contributed by atoms with Crippen molar-refractivity contribution in [2.75, 3.05) is 13.7 Å². The van der Waals surface area contributed by atoms with Gasteiger partial charge >= 0.3 is 12.0 Å². The second-order valence-corrected chi connectivity index (χ2v) is 9.51. The van der Waals surface area contributed by atoms with Crippen molar-refractivity contribution >= 4 is 17.9 Å². The van der Waals surface area contributed by atoms with Gasteiger partial charge in [0, 0.05) is 18.5 Å². The summed E-state index contributed by atoms with van der Waals surface area (Å²) in [5.74, 6) is -2.13. The molecule has 0 radical (unpaired) electrons. The number of amides is 3. The third-order valence-corrected chi connectivity index (χ3v) is 7.32. The molecule has 4 unspecified atom stereocenters. The Hall–Kier alpha value is -3.61. The van der Waals surface area contributed by atoms with E-state index < -0.39 is 29.9 Å². The Morgan fingerprint density at radius 3 is 2.17 bits per heavy atom. The molecule has 2 aromatic rings. The van der Waals surface area contributed by atoms with E-state index in [-0.39, 0.29) is 24.5 Å². The van der Waals surface area contributed by atoms with Crippen molar-refractivity contribution in [3.63, 3.8) is 0 Å². The number of nitrogens with one attached hydrogen (secondary N) is 2. The molecule has 36 heavy (non-hydrogen) atoms. The number of carbonyl (C=O) groups is 3. The molecular formula is C29H35N3O4. The van der Waals surface area contributed by atoms with Gasteiger partial charge in [-0.15, -0.1) is 6.58 Å². The van der Waals surface area contributed by atoms with Crippen LogP contribution in [0, 0.1) is 5.92 Å². The Morgan fingerprint density at radius 2 is 1.58 bits per heavy atom. The lowest BCUT2D eigenvalue weighted by molar-refractivity contribution is -0.146. The summed E-state index contributed by atoms with van der Waals surface area (Å²) in [5, 5.41) is 6.07. The van der Waals surface area contributed by atoms with Crippen molar-refractivity contribution in [3.8, 4) is 0 Å². The summed E-state index contributed by atoms with van der Waals surface area (Å²) in [4.78, 5) is 42.7. The molecule has 1 aliphatic carbocycles. The second kappa shape index (κ2) is 11.9. The number of esters is 1. The highest BCUT2D eigenvalue weighted by Crippen LogP contribution is 2.50. The molecule has 7 heteroatoms. The van der Waals surface area contributed by atoms with Gasteiger partial charge in [-0.3, -0.25) is 9.59 Å². The van der Waals surface area contributed by atoms with Crippen LogP contribution < -0.4 is 10.6 Å². The molecule has 3 amide bonds. The van der Waals surface area contributed by atoms with E-state index in [9.17, 15) is 14.4 Å². The number of urea groups is 1. The molecule has 1 saturated heterocycles. The smallest absolute Gasteiger partial charge is 0.318 e. The van der Waals surface area contributed by atoms with E-state index >= 15 is 0 Å². The van der Waals surface area contributed by atoms with Gasteiger partial charge in [-0.25, -0.2) is 4.79 Å². The summed E-state index contributed by atoms with van der Waals surface area (Å²) in [5.41, 5.74) is 1.59. The fourth-order valence-corrected chi connectivity index (χ4v) is 5.72. The second-order valence-electron chi connectivity index (χ2n) is 9.51. The minimum Gasteiger partial charge on any atom is -0.469 e. The molecule has 0 aromatic heterocycles. The van der Waals surface area contributed by atoms with Crippen molar-refractivity contribution < 1.29 is 19.1 Å². The van der Waals surface area contributed by atoms with Crippen LogP contribution in [0.25, 0.3) is 0 Å². The molecule has 2 N–H and O–H groups in total. The molecule has 7 nitrogen and oxygen atoms in total. The van der Waals surface area contributed by atoms with Gasteiger partial charge in [0.25, 0.3) is 0 Å². The Balaban J connectivity index is 1.85. The van der Waals surface area contributed by atoms with Crippen molar-refractivity contribution in [2.45, 2.75) is 56.1 Å². The monoisotopic (exact) mass is 489 g/mol. The Morgan fingerprint density at radius 1 is 0.972 bits per heavy atom. The highest BCUT2D eigenvalue weighted by molar-refractivity contribution is 5.92. The van der Waals surface area contributed by atoms with E-state index in [1.807, 2.05) is 60.7 Å². The first-order valence-electron chi connectivity index (χ1n) is 12.7. The number of hydrogen-bond donors (Lipinski definition) is 2. The van der Waals surface area contributed by atoms with Crippen molar-refractivity contribution in [1.82, 2.24) is 15.5 Å². The van der Waals surface area contributed by atoms with Gasteiger partial charge in [-0.05, 0) is 24.0 Å². The van der Waals surface area contributed by atoms with Crippen molar-refractivity contribution in [1.29, 1.82) is 0 Å². The number of methoxy groups -OCH3 is 1. The predicted molar refractivity (Wildman–Crippen MR) is 138 cm³/mol. The van der Waals surface area contributed by atoms with E-state index in [4.69, 9.17) is 4.74 Å². The number of hydrogen-bond acceptors (Lipinski definition) is 4. The normalized spacial score (nSPS) is 24.1. The minimum absolute atomic E-state index is 0.0481. The van der Waals surface area contributed by atoms with Crippen LogP contribution in [0.4, 0.5) is 4.79 Å². The van der Waals surface area contributed by atoms with Crippen LogP contribution in [0.1, 0.15) is 55.2 Å². The van der Waals surface area contributed by atoms with Gasteiger partial charge in [0.15, 0.2) is 0 Å². The average Bonchev–Trinajstić information content (AvgIpc) is 3.29. The topological polar surface area (TPSA) is 87.7 Å². The Labute approximate surface area is 212 Å². The van der Waals surface area contributed by atoms with Crippen LogP contribution in [0.15, 0.2) is 73.3 Å². The minimum atomic E-state index is -0.912. The van der Waals surface area contributed by atoms with E-state index in [2.05, 4.69) is 17.2 Å². The molecule has 2 aliphatic rings. The number of benzene rings is 2. The molecule has 1 aliphatic heterocycles. The zero-order chi connectivity index (χ0) is 25.5. The fourth-order valence-electron chi connectivity index (χ4n) is 5.72. The van der Waals surface area contributed by atoms with Crippen LogP contribution in [0.2, 0.25) is 0 Å². The number of nitrogens with zero attached hydrogens (tertiary/aromatic N) is 1. The number of ether oxygens (including phenoxy) is 1. The molecule has 0 bridgehead atoms. The van der Waals surface area contributed by atoms with Crippen LogP contribution in [-0.4, -0.2) is 48.5 Å². The molecular weight excluding hydrogens is 454 g/mol. The van der Waals surface area contributed by atoms with E-state index in [1.54, 1.807) is 11.0 Å². The molecule has 190 valence electrons. The summed E-state index contributed by atoms with van der Waals surface area (Å²) >= 11 is 0. The largest absolute Gasteiger partial charge is 0.469 e. The van der Waals surface area contributed by atoms with Crippen LogP contribution >= 0.6 is 0 Å². The predicted octanol–water partition coefficient (Wildman–Crippen LogP) is 4.33. The molecule has 0 spiro atoms. The quantitative estimate of drug-likeness (QED) is 0.448. The SMILES string of the molecule is C=CCNC(=O)C1C(c2ccccc2)C(C(=O)OC)C(c2ccccc2)N1C(=O)NC1CCCCC1. The van der Waals surface area contributed by atoms with Gasteiger partial charge < -0.3 is 20.3 Å². The van der Waals surface area contributed by atoms with Gasteiger partial charge in [-0.2, -0.15) is 0 Å². The van der Waals surface area contributed by atoms with E-state index in [1.165, 1.54) is 7.11 Å². The van der Waals surface area contributed by atoms with Gasteiger partial charge in [0.1, 0.15) is 6.04 Å². The first-order valence-corrected chi connectivity index (χ1v) is 12.7. The lowest BCUT2D eigenvalue weighted by Gasteiger charge is -2.34. The maximum atomic E-state index is 14.0. The highest BCUT2D eigenvalue weighted by Gasteiger charge is 2.58. The third kappa shape index (κ3) is 5.30. The number of likely N-dealkylation sites (tertiary alicyclic amines) is 1. The zero-order valence-electron chi connectivity index (χ0n) is 20.8.